The van der Waals surface area contributed by atoms with Crippen LogP contribution in [0.1, 0.15) is 53.4 Å². The Bertz CT molecular complexity index is 348. The van der Waals surface area contributed by atoms with Crippen molar-refractivity contribution in [2.75, 3.05) is 26.2 Å². The van der Waals surface area contributed by atoms with Gasteiger partial charge in [0.15, 0.2) is 5.96 Å². The van der Waals surface area contributed by atoms with Crippen LogP contribution in [0.3, 0.4) is 0 Å². The van der Waals surface area contributed by atoms with Crippen LogP contribution in [-0.2, 0) is 4.79 Å². The normalized spacial score (nSPS) is 17.3. The number of hydrogen-bond donors (Lipinski definition) is 3. The molecule has 0 aromatic heterocycles. The highest BCUT2D eigenvalue weighted by atomic mass is 16.1. The molecule has 1 fully saturated rings. The molecular formula is C16H32N4O. The third-order valence-electron chi connectivity index (χ3n) is 3.96. The molecule has 122 valence electrons. The van der Waals surface area contributed by atoms with E-state index in [1.165, 1.54) is 32.6 Å². The van der Waals surface area contributed by atoms with E-state index < -0.39 is 0 Å². The van der Waals surface area contributed by atoms with Crippen LogP contribution in [0.4, 0.5) is 0 Å². The summed E-state index contributed by atoms with van der Waals surface area (Å²) in [6, 6.07) is 0. The van der Waals surface area contributed by atoms with Crippen LogP contribution in [0.2, 0.25) is 0 Å². The molecule has 0 spiro atoms. The molecule has 0 unspecified atom stereocenters. The maximum Gasteiger partial charge on any atom is 0.216 e. The number of amides is 1. The predicted molar refractivity (Wildman–Crippen MR) is 88.4 cm³/mol. The Morgan fingerprint density at radius 1 is 1.19 bits per heavy atom. The van der Waals surface area contributed by atoms with E-state index in [4.69, 9.17) is 4.99 Å². The monoisotopic (exact) mass is 296 g/mol. The minimum atomic E-state index is 0.00379. The van der Waals surface area contributed by atoms with Gasteiger partial charge in [0, 0.05) is 33.1 Å². The van der Waals surface area contributed by atoms with Gasteiger partial charge in [-0.1, -0.05) is 20.3 Å². The van der Waals surface area contributed by atoms with Gasteiger partial charge in [-0.3, -0.25) is 9.79 Å². The van der Waals surface area contributed by atoms with Crippen molar-refractivity contribution in [2.45, 2.75) is 53.4 Å². The number of guanidine groups is 1. The van der Waals surface area contributed by atoms with Crippen molar-refractivity contribution >= 4 is 11.9 Å². The lowest BCUT2D eigenvalue weighted by molar-refractivity contribution is -0.118. The van der Waals surface area contributed by atoms with Gasteiger partial charge in [0.25, 0.3) is 0 Å². The van der Waals surface area contributed by atoms with E-state index in [9.17, 15) is 4.79 Å². The number of aliphatic imine (C=N–C) groups is 1. The topological polar surface area (TPSA) is 65.5 Å². The first-order valence-corrected chi connectivity index (χ1v) is 8.24. The molecule has 0 bridgehead atoms. The van der Waals surface area contributed by atoms with Crippen molar-refractivity contribution in [2.24, 2.45) is 16.3 Å². The van der Waals surface area contributed by atoms with Crippen molar-refractivity contribution in [3.63, 3.8) is 0 Å². The Kier molecular flexibility index (Phi) is 7.54. The molecule has 1 aliphatic rings. The van der Waals surface area contributed by atoms with E-state index in [0.717, 1.165) is 25.0 Å². The molecule has 5 heteroatoms. The fourth-order valence-corrected chi connectivity index (χ4v) is 2.98. The lowest BCUT2D eigenvalue weighted by Gasteiger charge is -2.42. The van der Waals surface area contributed by atoms with Crippen LogP contribution in [0.15, 0.2) is 4.99 Å². The number of nitrogens with one attached hydrogen (secondary N) is 3. The number of nitrogens with zero attached hydrogens (tertiary/aromatic N) is 1. The van der Waals surface area contributed by atoms with Gasteiger partial charge in [-0.15, -0.1) is 0 Å². The average molecular weight is 296 g/mol. The number of carbonyl (C=O) groups excluding carboxylic acids is 1. The maximum absolute atomic E-state index is 10.8. The molecule has 0 aromatic rings. The largest absolute Gasteiger partial charge is 0.357 e. The van der Waals surface area contributed by atoms with Gasteiger partial charge in [-0.25, -0.2) is 0 Å². The van der Waals surface area contributed by atoms with E-state index in [0.29, 0.717) is 18.5 Å². The van der Waals surface area contributed by atoms with Gasteiger partial charge < -0.3 is 16.0 Å². The number of rotatable bonds is 8. The average Bonchev–Trinajstić information content (AvgIpc) is 2.36. The van der Waals surface area contributed by atoms with Crippen LogP contribution in [0, 0.1) is 11.3 Å². The van der Waals surface area contributed by atoms with Gasteiger partial charge in [0.1, 0.15) is 0 Å². The SMILES string of the molecule is CCNC(=NCC1(CC(C)C)CCC1)NCCNC(C)=O. The molecule has 0 aromatic carbocycles. The van der Waals surface area contributed by atoms with E-state index >= 15 is 0 Å². The number of hydrogen-bond acceptors (Lipinski definition) is 2. The Morgan fingerprint density at radius 3 is 2.33 bits per heavy atom. The Labute approximate surface area is 129 Å². The first kappa shape index (κ1) is 17.8. The second-order valence-electron chi connectivity index (χ2n) is 6.56. The maximum atomic E-state index is 10.8. The molecule has 1 aliphatic carbocycles. The van der Waals surface area contributed by atoms with Crippen molar-refractivity contribution in [1.29, 1.82) is 0 Å². The minimum Gasteiger partial charge on any atom is -0.357 e. The van der Waals surface area contributed by atoms with Gasteiger partial charge in [0.05, 0.1) is 0 Å². The van der Waals surface area contributed by atoms with Crippen LogP contribution >= 0.6 is 0 Å². The molecule has 0 heterocycles. The van der Waals surface area contributed by atoms with Crippen molar-refractivity contribution in [3.05, 3.63) is 0 Å². The standard InChI is InChI=1S/C16H32N4O/c1-5-17-15(19-10-9-18-14(4)21)20-12-16(7-6-8-16)11-13(2)3/h13H,5-12H2,1-4H3,(H,18,21)(H2,17,19,20). The summed E-state index contributed by atoms with van der Waals surface area (Å²) in [5.74, 6) is 1.60. The fourth-order valence-electron chi connectivity index (χ4n) is 2.98. The molecule has 1 amide bonds. The van der Waals surface area contributed by atoms with Crippen LogP contribution in [0.5, 0.6) is 0 Å². The Hall–Kier alpha value is -1.26. The first-order chi connectivity index (χ1) is 9.97. The summed E-state index contributed by atoms with van der Waals surface area (Å²) in [6.45, 7) is 11.3. The van der Waals surface area contributed by atoms with E-state index in [1.807, 2.05) is 0 Å². The molecule has 0 radical (unpaired) electrons. The zero-order chi connectivity index (χ0) is 15.7. The molecule has 3 N–H and O–H groups in total. The highest BCUT2D eigenvalue weighted by Crippen LogP contribution is 2.46. The number of carbonyl (C=O) groups is 1. The van der Waals surface area contributed by atoms with E-state index in [-0.39, 0.29) is 5.91 Å². The summed E-state index contributed by atoms with van der Waals surface area (Å²) >= 11 is 0. The first-order valence-electron chi connectivity index (χ1n) is 8.24. The van der Waals surface area contributed by atoms with Crippen molar-refractivity contribution < 1.29 is 4.79 Å². The molecule has 5 nitrogen and oxygen atoms in total. The van der Waals surface area contributed by atoms with Crippen LogP contribution in [-0.4, -0.2) is 38.0 Å². The molecule has 1 saturated carbocycles. The summed E-state index contributed by atoms with van der Waals surface area (Å²) in [4.78, 5) is 15.6. The minimum absolute atomic E-state index is 0.00379. The second-order valence-corrected chi connectivity index (χ2v) is 6.56. The molecule has 0 aliphatic heterocycles. The van der Waals surface area contributed by atoms with Crippen molar-refractivity contribution in [3.8, 4) is 0 Å². The smallest absolute Gasteiger partial charge is 0.216 e. The third-order valence-corrected chi connectivity index (χ3v) is 3.96. The Morgan fingerprint density at radius 2 is 1.86 bits per heavy atom. The van der Waals surface area contributed by atoms with Crippen molar-refractivity contribution in [1.82, 2.24) is 16.0 Å². The van der Waals surface area contributed by atoms with Gasteiger partial charge in [-0.2, -0.15) is 0 Å². The molecule has 21 heavy (non-hydrogen) atoms. The predicted octanol–water partition coefficient (Wildman–Crippen LogP) is 1.89. The summed E-state index contributed by atoms with van der Waals surface area (Å²) in [6.07, 6.45) is 5.22. The fraction of sp³-hybridized carbons (Fsp3) is 0.875. The summed E-state index contributed by atoms with van der Waals surface area (Å²) in [7, 11) is 0. The molecule has 1 rings (SSSR count). The summed E-state index contributed by atoms with van der Waals surface area (Å²) < 4.78 is 0. The van der Waals surface area contributed by atoms with E-state index in [1.54, 1.807) is 0 Å². The highest BCUT2D eigenvalue weighted by molar-refractivity contribution is 5.79. The van der Waals surface area contributed by atoms with Crippen LogP contribution < -0.4 is 16.0 Å². The summed E-state index contributed by atoms with van der Waals surface area (Å²) in [5, 5.41) is 9.32. The van der Waals surface area contributed by atoms with Gasteiger partial charge >= 0.3 is 0 Å². The molecular weight excluding hydrogens is 264 g/mol. The quantitative estimate of drug-likeness (QED) is 0.364. The zero-order valence-corrected chi connectivity index (χ0v) is 14.1. The summed E-state index contributed by atoms with van der Waals surface area (Å²) in [5.41, 5.74) is 0.425. The molecule has 0 saturated heterocycles. The lowest BCUT2D eigenvalue weighted by Crippen LogP contribution is -2.42. The second kappa shape index (κ2) is 8.90. The van der Waals surface area contributed by atoms with Gasteiger partial charge in [0.2, 0.25) is 5.91 Å². The third kappa shape index (κ3) is 6.82. The Balaban J connectivity index is 2.44. The van der Waals surface area contributed by atoms with Gasteiger partial charge in [-0.05, 0) is 37.5 Å². The zero-order valence-electron chi connectivity index (χ0n) is 14.1. The van der Waals surface area contributed by atoms with E-state index in [2.05, 4.69) is 36.7 Å². The van der Waals surface area contributed by atoms with Crippen LogP contribution in [0.25, 0.3) is 0 Å². The molecule has 0 atom stereocenters. The lowest BCUT2D eigenvalue weighted by atomic mass is 9.64. The highest BCUT2D eigenvalue weighted by Gasteiger charge is 2.37.